The predicted molar refractivity (Wildman–Crippen MR) is 118 cm³/mol. The number of ether oxygens (including phenoxy) is 2. The highest BCUT2D eigenvalue weighted by molar-refractivity contribution is 6.31. The van der Waals surface area contributed by atoms with Crippen molar-refractivity contribution in [3.63, 3.8) is 0 Å². The molecule has 32 heavy (non-hydrogen) atoms. The predicted octanol–water partition coefficient (Wildman–Crippen LogP) is 5.75. The Labute approximate surface area is 201 Å². The molecule has 0 radical (unpaired) electrons. The first-order valence-electron chi connectivity index (χ1n) is 9.16. The Balaban J connectivity index is 1.50. The Morgan fingerprint density at radius 2 is 0.938 bits per heavy atom. The number of hydrogen-bond acceptors (Lipinski definition) is 8. The van der Waals surface area contributed by atoms with Crippen molar-refractivity contribution < 1.29 is 9.47 Å². The molecule has 0 unspecified atom stereocenters. The van der Waals surface area contributed by atoms with E-state index in [4.69, 9.17) is 55.9 Å². The van der Waals surface area contributed by atoms with Crippen molar-refractivity contribution in [2.75, 3.05) is 0 Å². The lowest BCUT2D eigenvalue weighted by molar-refractivity contribution is 0.428. The Hall–Kier alpha value is -2.78. The van der Waals surface area contributed by atoms with Crippen LogP contribution < -0.4 is 9.47 Å². The molecule has 0 aliphatic heterocycles. The molecule has 0 atom stereocenters. The van der Waals surface area contributed by atoms with Gasteiger partial charge in [0.15, 0.2) is 0 Å². The van der Waals surface area contributed by atoms with Crippen LogP contribution in [0.25, 0.3) is 0 Å². The second-order valence-corrected chi connectivity index (χ2v) is 8.01. The Morgan fingerprint density at radius 1 is 0.531 bits per heavy atom. The normalized spacial score (nSPS) is 12.1. The Bertz CT molecular complexity index is 1210. The lowest BCUT2D eigenvalue weighted by atomic mass is 9.85. The second-order valence-electron chi connectivity index (χ2n) is 6.66. The summed E-state index contributed by atoms with van der Waals surface area (Å²) in [4.78, 5) is 23.4. The maximum absolute atomic E-state index is 5.90. The minimum atomic E-state index is -0.0551. The van der Waals surface area contributed by atoms with Gasteiger partial charge in [0.25, 0.3) is 0 Å². The van der Waals surface area contributed by atoms with Gasteiger partial charge in [-0.05, 0) is 76.1 Å². The van der Waals surface area contributed by atoms with Crippen LogP contribution in [0, 0.1) is 0 Å². The summed E-state index contributed by atoms with van der Waals surface area (Å²) in [5.74, 6) is 1.15. The van der Waals surface area contributed by atoms with Gasteiger partial charge in [0.2, 0.25) is 21.1 Å². The van der Waals surface area contributed by atoms with Crippen molar-refractivity contribution in [2.45, 2.75) is 12.8 Å². The van der Waals surface area contributed by atoms with E-state index in [9.17, 15) is 0 Å². The van der Waals surface area contributed by atoms with E-state index in [-0.39, 0.29) is 33.2 Å². The highest BCUT2D eigenvalue weighted by Gasteiger charge is 2.23. The summed E-state index contributed by atoms with van der Waals surface area (Å²) in [6.45, 7) is 0. The molecular formula is C20H10Cl4N6O2. The van der Waals surface area contributed by atoms with E-state index < -0.39 is 0 Å². The van der Waals surface area contributed by atoms with Gasteiger partial charge in [-0.3, -0.25) is 0 Å². The molecule has 0 fully saturated rings. The van der Waals surface area contributed by atoms with Crippen molar-refractivity contribution in [1.82, 2.24) is 29.9 Å². The fourth-order valence-electron chi connectivity index (χ4n) is 3.43. The van der Waals surface area contributed by atoms with Crippen LogP contribution in [-0.4, -0.2) is 29.9 Å². The van der Waals surface area contributed by atoms with Crippen molar-refractivity contribution in [3.05, 3.63) is 79.8 Å². The highest BCUT2D eigenvalue weighted by atomic mass is 35.5. The van der Waals surface area contributed by atoms with Crippen LogP contribution >= 0.6 is 46.4 Å². The third-order valence-electron chi connectivity index (χ3n) is 4.72. The third kappa shape index (κ3) is 4.40. The van der Waals surface area contributed by atoms with Crippen molar-refractivity contribution in [3.8, 4) is 23.5 Å². The Kier molecular flexibility index (Phi) is 5.69. The molecular weight excluding hydrogens is 498 g/mol. The van der Waals surface area contributed by atoms with Crippen LogP contribution in [0.4, 0.5) is 0 Å². The lowest BCUT2D eigenvalue weighted by Gasteiger charge is -2.23. The molecule has 2 aromatic heterocycles. The van der Waals surface area contributed by atoms with Gasteiger partial charge in [0.05, 0.1) is 0 Å². The molecule has 160 valence electrons. The quantitative estimate of drug-likeness (QED) is 0.303. The minimum Gasteiger partial charge on any atom is -0.424 e. The van der Waals surface area contributed by atoms with E-state index in [1.807, 2.05) is 36.4 Å². The van der Waals surface area contributed by atoms with Crippen LogP contribution in [0.3, 0.4) is 0 Å². The summed E-state index contributed by atoms with van der Waals surface area (Å²) in [6, 6.07) is 11.5. The molecule has 2 aromatic carbocycles. The average molecular weight is 508 g/mol. The number of benzene rings is 2. The number of halogens is 4. The number of rotatable bonds is 4. The summed E-state index contributed by atoms with van der Waals surface area (Å²) in [7, 11) is 0. The van der Waals surface area contributed by atoms with Gasteiger partial charge < -0.3 is 9.47 Å². The summed E-state index contributed by atoms with van der Waals surface area (Å²) in [5.41, 5.74) is 4.11. The highest BCUT2D eigenvalue weighted by Crippen LogP contribution is 2.39. The smallest absolute Gasteiger partial charge is 0.327 e. The summed E-state index contributed by atoms with van der Waals surface area (Å²) < 4.78 is 11.8. The van der Waals surface area contributed by atoms with Gasteiger partial charge in [0, 0.05) is 17.5 Å². The van der Waals surface area contributed by atoms with Crippen LogP contribution in [-0.2, 0) is 12.8 Å². The summed E-state index contributed by atoms with van der Waals surface area (Å²) in [6.07, 6.45) is 1.20. The van der Waals surface area contributed by atoms with Gasteiger partial charge in [-0.25, -0.2) is 0 Å². The topological polar surface area (TPSA) is 95.8 Å². The minimum absolute atomic E-state index is 0.00759. The molecule has 2 heterocycles. The zero-order valence-electron chi connectivity index (χ0n) is 15.9. The third-order valence-corrected chi connectivity index (χ3v) is 5.39. The number of fused-ring (bicyclic) bond motifs is 2. The van der Waals surface area contributed by atoms with E-state index in [2.05, 4.69) is 29.9 Å². The molecule has 5 rings (SSSR count). The van der Waals surface area contributed by atoms with Crippen LogP contribution in [0.5, 0.6) is 23.5 Å². The molecule has 1 aliphatic carbocycles. The number of aromatic nitrogens is 6. The molecule has 0 bridgehead atoms. The molecule has 12 heteroatoms. The first-order chi connectivity index (χ1) is 15.4. The monoisotopic (exact) mass is 506 g/mol. The van der Waals surface area contributed by atoms with E-state index in [0.29, 0.717) is 24.3 Å². The molecule has 0 saturated heterocycles. The van der Waals surface area contributed by atoms with E-state index in [1.54, 1.807) is 0 Å². The fourth-order valence-corrected chi connectivity index (χ4v) is 4.13. The standard InChI is InChI=1S/C20H10Cl4N6O2/c21-15-25-16(22)28-19(27-15)31-13-5-1-3-9-7-10-4-2-6-14(12(10)8-11(9)13)32-20-29-17(23)26-18(24)30-20/h1-6H,7-8H2. The van der Waals surface area contributed by atoms with Crippen LogP contribution in [0.15, 0.2) is 36.4 Å². The molecule has 8 nitrogen and oxygen atoms in total. The maximum atomic E-state index is 5.90. The van der Waals surface area contributed by atoms with E-state index in [1.165, 1.54) is 0 Å². The summed E-state index contributed by atoms with van der Waals surface area (Å²) in [5, 5.41) is -0.220. The average Bonchev–Trinajstić information content (AvgIpc) is 2.71. The molecule has 4 aromatic rings. The first-order valence-corrected chi connectivity index (χ1v) is 10.7. The lowest BCUT2D eigenvalue weighted by Crippen LogP contribution is -2.11. The Morgan fingerprint density at radius 3 is 1.34 bits per heavy atom. The van der Waals surface area contributed by atoms with Crippen molar-refractivity contribution in [1.29, 1.82) is 0 Å². The van der Waals surface area contributed by atoms with Gasteiger partial charge in [-0.15, -0.1) is 0 Å². The van der Waals surface area contributed by atoms with Gasteiger partial charge in [-0.2, -0.15) is 29.9 Å². The summed E-state index contributed by atoms with van der Waals surface area (Å²) >= 11 is 23.5. The zero-order valence-corrected chi connectivity index (χ0v) is 18.9. The fraction of sp³-hybridized carbons (Fsp3) is 0.100. The van der Waals surface area contributed by atoms with E-state index in [0.717, 1.165) is 22.3 Å². The van der Waals surface area contributed by atoms with Gasteiger partial charge in [0.1, 0.15) is 11.5 Å². The maximum Gasteiger partial charge on any atom is 0.327 e. The molecule has 0 N–H and O–H groups in total. The second kappa shape index (κ2) is 8.63. The SMILES string of the molecule is Clc1nc(Cl)nc(Oc2cccc3c2Cc2c(cccc2Oc2nc(Cl)nc(Cl)n2)C3)n1. The van der Waals surface area contributed by atoms with Gasteiger partial charge >= 0.3 is 12.0 Å². The molecule has 0 saturated carbocycles. The molecule has 0 spiro atoms. The zero-order chi connectivity index (χ0) is 22.2. The number of hydrogen-bond donors (Lipinski definition) is 0. The van der Waals surface area contributed by atoms with Crippen LogP contribution in [0.1, 0.15) is 22.3 Å². The van der Waals surface area contributed by atoms with Crippen LogP contribution in [0.2, 0.25) is 21.1 Å². The first kappa shape index (κ1) is 21.1. The van der Waals surface area contributed by atoms with E-state index >= 15 is 0 Å². The van der Waals surface area contributed by atoms with Gasteiger partial charge in [-0.1, -0.05) is 24.3 Å². The number of nitrogens with zero attached hydrogens (tertiary/aromatic N) is 6. The largest absolute Gasteiger partial charge is 0.424 e. The van der Waals surface area contributed by atoms with Crippen molar-refractivity contribution in [2.24, 2.45) is 0 Å². The molecule has 1 aliphatic rings. The molecule has 0 amide bonds. The van der Waals surface area contributed by atoms with Crippen molar-refractivity contribution >= 4 is 46.4 Å².